The van der Waals surface area contributed by atoms with Gasteiger partial charge in [-0.3, -0.25) is 9.79 Å². The van der Waals surface area contributed by atoms with Gasteiger partial charge in [0.05, 0.1) is 35.0 Å². The fourth-order valence-electron chi connectivity index (χ4n) is 6.20. The number of hydrogen-bond acceptors (Lipinski definition) is 10. The highest BCUT2D eigenvalue weighted by Crippen LogP contribution is 2.47. The molecule has 1 N–H and O–H groups in total. The van der Waals surface area contributed by atoms with Crippen LogP contribution in [0.5, 0.6) is 0 Å². The molecule has 0 spiro atoms. The van der Waals surface area contributed by atoms with Crippen molar-refractivity contribution in [2.75, 3.05) is 26.8 Å². The molecule has 1 saturated carbocycles. The Kier molecular flexibility index (Phi) is 10.3. The molecule has 3 aliphatic rings. The normalized spacial score (nSPS) is 24.3. The van der Waals surface area contributed by atoms with Crippen LogP contribution in [0.15, 0.2) is 40.0 Å². The van der Waals surface area contributed by atoms with E-state index >= 15 is 0 Å². The highest BCUT2D eigenvalue weighted by Gasteiger charge is 2.54. The van der Waals surface area contributed by atoms with E-state index in [1.165, 1.54) is 28.8 Å². The third-order valence-electron chi connectivity index (χ3n) is 9.05. The van der Waals surface area contributed by atoms with Crippen molar-refractivity contribution < 1.29 is 36.3 Å². The average Bonchev–Trinajstić information content (AvgIpc) is 3.56. The first kappa shape index (κ1) is 35.6. The van der Waals surface area contributed by atoms with Gasteiger partial charge in [-0.05, 0) is 44.7 Å². The molecule has 2 aromatic rings. The van der Waals surface area contributed by atoms with Crippen molar-refractivity contribution in [3.05, 3.63) is 62.2 Å². The fourth-order valence-corrected chi connectivity index (χ4v) is 10.1. The minimum atomic E-state index is -3.70. The molecule has 1 unspecified atom stereocenters. The average molecular weight is 729 g/mol. The zero-order chi connectivity index (χ0) is 34.3. The van der Waals surface area contributed by atoms with E-state index in [9.17, 15) is 26.8 Å². The number of halogens is 3. The van der Waals surface area contributed by atoms with Crippen LogP contribution in [-0.2, 0) is 29.1 Å². The molecule has 1 atom stereocenters. The van der Waals surface area contributed by atoms with Crippen molar-refractivity contribution in [3.63, 3.8) is 0 Å². The second kappa shape index (κ2) is 13.7. The van der Waals surface area contributed by atoms with Crippen LogP contribution in [0.3, 0.4) is 0 Å². The largest absolute Gasteiger partial charge is 0.466 e. The number of carbonyl (C=O) groups is 2. The molecule has 1 aromatic heterocycles. The van der Waals surface area contributed by atoms with Crippen molar-refractivity contribution in [1.82, 2.24) is 14.6 Å². The molecule has 2 fully saturated rings. The topological polar surface area (TPSA) is 127 Å². The van der Waals surface area contributed by atoms with Crippen molar-refractivity contribution in [1.29, 1.82) is 0 Å². The van der Waals surface area contributed by atoms with Gasteiger partial charge in [-0.1, -0.05) is 37.3 Å². The molecule has 0 amide bonds. The number of amidine groups is 1. The van der Waals surface area contributed by atoms with Crippen molar-refractivity contribution >= 4 is 58.8 Å². The van der Waals surface area contributed by atoms with Gasteiger partial charge in [0.1, 0.15) is 6.04 Å². The number of rotatable bonds is 10. The quantitative estimate of drug-likeness (QED) is 0.188. The summed E-state index contributed by atoms with van der Waals surface area (Å²) < 4.78 is 68.0. The van der Waals surface area contributed by atoms with Crippen molar-refractivity contribution in [3.8, 4) is 0 Å². The Labute approximate surface area is 283 Å². The van der Waals surface area contributed by atoms with E-state index < -0.39 is 57.4 Å². The van der Waals surface area contributed by atoms with E-state index in [1.54, 1.807) is 18.5 Å². The van der Waals surface area contributed by atoms with Gasteiger partial charge < -0.3 is 14.8 Å². The molecule has 5 rings (SSSR count). The SMILES string of the molecule is COC(=O)C1=C(C2CCN(S(=O)(=O)C3CC(C)(C(=O)OCC[Si](C)(C)C)C3)CC2)NC(c2nccs2)=NC1c1ccc(F)c(F)c1Cl. The maximum Gasteiger partial charge on any atom is 0.338 e. The number of methoxy groups -OCH3 is 1. The van der Waals surface area contributed by atoms with Crippen LogP contribution in [0.25, 0.3) is 0 Å². The summed E-state index contributed by atoms with van der Waals surface area (Å²) in [5, 5.41) is 4.29. The Morgan fingerprint density at radius 2 is 1.87 bits per heavy atom. The summed E-state index contributed by atoms with van der Waals surface area (Å²) in [4.78, 5) is 35.1. The molecule has 16 heteroatoms. The van der Waals surface area contributed by atoms with E-state index in [1.807, 2.05) is 0 Å². The molecule has 2 aliphatic heterocycles. The number of nitrogens with one attached hydrogen (secondary N) is 1. The summed E-state index contributed by atoms with van der Waals surface area (Å²) >= 11 is 7.55. The first-order chi connectivity index (χ1) is 22.1. The first-order valence-electron chi connectivity index (χ1n) is 15.4. The van der Waals surface area contributed by atoms with Gasteiger partial charge in [0.25, 0.3) is 0 Å². The summed E-state index contributed by atoms with van der Waals surface area (Å²) in [5.41, 5.74) is -0.239. The number of piperidine rings is 1. The summed E-state index contributed by atoms with van der Waals surface area (Å²) in [6.45, 7) is 9.07. The van der Waals surface area contributed by atoms with Gasteiger partial charge >= 0.3 is 11.9 Å². The highest BCUT2D eigenvalue weighted by molar-refractivity contribution is 7.89. The van der Waals surface area contributed by atoms with Crippen molar-refractivity contribution in [2.45, 2.75) is 69.6 Å². The molecular weight excluding hydrogens is 690 g/mol. The number of carbonyl (C=O) groups excluding carboxylic acids is 2. The van der Waals surface area contributed by atoms with Gasteiger partial charge in [-0.2, -0.15) is 0 Å². The molecule has 10 nitrogen and oxygen atoms in total. The molecule has 0 bridgehead atoms. The standard InChI is InChI=1S/C31H39ClF2N4O6S2Si/c1-31(30(40)44-13-15-47(3,4)5)16-19(17-31)46(41,42)38-11-8-18(9-12-38)25-22(29(39)43-2)26(20-6-7-21(33)24(34)23(20)32)37-27(36-25)28-35-10-14-45-28/h6-7,10,14,18-19,26H,8-9,11-13,15-17H2,1-5H3,(H,36,37). The van der Waals surface area contributed by atoms with Crippen LogP contribution >= 0.6 is 22.9 Å². The number of allylic oxidation sites excluding steroid dienone is 1. The minimum absolute atomic E-state index is 0.0735. The lowest BCUT2D eigenvalue weighted by atomic mass is 9.70. The molecule has 1 aromatic carbocycles. The maximum atomic E-state index is 14.6. The summed E-state index contributed by atoms with van der Waals surface area (Å²) in [6.07, 6.45) is 2.70. The molecule has 256 valence electrons. The number of nitrogens with zero attached hydrogens (tertiary/aromatic N) is 3. The molecule has 0 radical (unpaired) electrons. The van der Waals surface area contributed by atoms with Gasteiger partial charge in [0, 0.05) is 49.9 Å². The third kappa shape index (κ3) is 7.33. The Bertz CT molecular complexity index is 1700. The third-order valence-corrected chi connectivity index (χ3v) is 14.2. The monoisotopic (exact) mass is 728 g/mol. The van der Waals surface area contributed by atoms with Gasteiger partial charge in [-0.25, -0.2) is 31.3 Å². The van der Waals surface area contributed by atoms with E-state index in [0.717, 1.165) is 12.1 Å². The zero-order valence-corrected chi connectivity index (χ0v) is 30.3. The minimum Gasteiger partial charge on any atom is -0.466 e. The Morgan fingerprint density at radius 1 is 1.19 bits per heavy atom. The highest BCUT2D eigenvalue weighted by atomic mass is 35.5. The number of aromatic nitrogens is 1. The van der Waals surface area contributed by atoms with Crippen LogP contribution < -0.4 is 5.32 Å². The van der Waals surface area contributed by atoms with Gasteiger partial charge in [-0.15, -0.1) is 11.3 Å². The van der Waals surface area contributed by atoms with E-state index in [-0.39, 0.29) is 49.0 Å². The van der Waals surface area contributed by atoms with Gasteiger partial charge in [0.2, 0.25) is 10.0 Å². The second-order valence-corrected chi connectivity index (χ2v) is 22.8. The van der Waals surface area contributed by atoms with Crippen LogP contribution in [0.1, 0.15) is 49.2 Å². The number of aliphatic imine (C=N–C) groups is 1. The Hall–Kier alpha value is -2.72. The van der Waals surface area contributed by atoms with Crippen molar-refractivity contribution in [2.24, 2.45) is 16.3 Å². The molecular formula is C31H39ClF2N4O6S2Si. The lowest BCUT2D eigenvalue weighted by Gasteiger charge is -2.45. The van der Waals surface area contributed by atoms with E-state index in [2.05, 4.69) is 34.9 Å². The number of esters is 2. The predicted molar refractivity (Wildman–Crippen MR) is 178 cm³/mol. The van der Waals surface area contributed by atoms with E-state index in [0.29, 0.717) is 36.0 Å². The van der Waals surface area contributed by atoms with E-state index in [4.69, 9.17) is 21.1 Å². The summed E-state index contributed by atoms with van der Waals surface area (Å²) in [5.74, 6) is -3.50. The number of thiazole rings is 1. The Morgan fingerprint density at radius 3 is 2.47 bits per heavy atom. The number of hydrogen-bond donors (Lipinski definition) is 1. The number of ether oxygens (including phenoxy) is 2. The molecule has 1 saturated heterocycles. The Balaban J connectivity index is 1.35. The molecule has 3 heterocycles. The zero-order valence-electron chi connectivity index (χ0n) is 26.9. The lowest BCUT2D eigenvalue weighted by Crippen LogP contribution is -2.54. The fraction of sp³-hybridized carbons (Fsp3) is 0.548. The second-order valence-electron chi connectivity index (χ2n) is 13.7. The van der Waals surface area contributed by atoms with Crippen LogP contribution in [-0.4, -0.2) is 75.6 Å². The molecule has 1 aliphatic carbocycles. The number of sulfonamides is 1. The number of benzene rings is 1. The maximum absolute atomic E-state index is 14.6. The first-order valence-corrected chi connectivity index (χ1v) is 21.9. The van der Waals surface area contributed by atoms with Crippen LogP contribution in [0.4, 0.5) is 8.78 Å². The smallest absolute Gasteiger partial charge is 0.338 e. The predicted octanol–water partition coefficient (Wildman–Crippen LogP) is 5.68. The van der Waals surface area contributed by atoms with Crippen LogP contribution in [0, 0.1) is 23.0 Å². The summed E-state index contributed by atoms with van der Waals surface area (Å²) in [6, 6.07) is 1.91. The summed E-state index contributed by atoms with van der Waals surface area (Å²) in [7, 11) is -3.87. The van der Waals surface area contributed by atoms with Crippen LogP contribution in [0.2, 0.25) is 30.7 Å². The van der Waals surface area contributed by atoms with Gasteiger partial charge in [0.15, 0.2) is 22.5 Å². The lowest BCUT2D eigenvalue weighted by molar-refractivity contribution is -0.159. The molecule has 47 heavy (non-hydrogen) atoms.